The van der Waals surface area contributed by atoms with Gasteiger partial charge in [-0.15, -0.1) is 0 Å². The molecule has 0 amide bonds. The molecule has 0 saturated carbocycles. The number of anilines is 2. The Balaban J connectivity index is 2.21. The van der Waals surface area contributed by atoms with Gasteiger partial charge in [-0.1, -0.05) is 0 Å². The summed E-state index contributed by atoms with van der Waals surface area (Å²) in [5.74, 6) is 0. The van der Waals surface area contributed by atoms with E-state index >= 15 is 0 Å². The van der Waals surface area contributed by atoms with Crippen molar-refractivity contribution in [2.75, 3.05) is 36.8 Å². The molecule has 0 bridgehead atoms. The zero-order valence-corrected chi connectivity index (χ0v) is 12.7. The number of piperazine rings is 1. The zero-order valence-electron chi connectivity index (χ0n) is 12.7. The lowest BCUT2D eigenvalue weighted by atomic mass is 10.0. The van der Waals surface area contributed by atoms with Crippen molar-refractivity contribution >= 4 is 11.4 Å². The Labute approximate surface area is 123 Å². The highest BCUT2D eigenvalue weighted by Crippen LogP contribution is 2.38. The molecule has 21 heavy (non-hydrogen) atoms. The number of benzene rings is 1. The Morgan fingerprint density at radius 1 is 1.00 bits per heavy atom. The molecule has 0 atom stereocenters. The first kappa shape index (κ1) is 15.9. The molecule has 1 fully saturated rings. The highest BCUT2D eigenvalue weighted by molar-refractivity contribution is 5.61. The van der Waals surface area contributed by atoms with Crippen molar-refractivity contribution in [3.8, 4) is 0 Å². The van der Waals surface area contributed by atoms with Gasteiger partial charge in [0.15, 0.2) is 0 Å². The maximum absolute atomic E-state index is 13.2. The SMILES string of the molecule is CC(C)(C)N1CCN(c2ccc(N)cc2C(F)(F)F)CC1. The van der Waals surface area contributed by atoms with Gasteiger partial charge in [-0.2, -0.15) is 13.2 Å². The van der Waals surface area contributed by atoms with Gasteiger partial charge in [0.25, 0.3) is 0 Å². The third kappa shape index (κ3) is 3.61. The van der Waals surface area contributed by atoms with Crippen LogP contribution in [0, 0.1) is 0 Å². The zero-order chi connectivity index (χ0) is 15.8. The highest BCUT2D eigenvalue weighted by atomic mass is 19.4. The third-order valence-corrected chi connectivity index (χ3v) is 3.90. The highest BCUT2D eigenvalue weighted by Gasteiger charge is 2.36. The molecule has 1 saturated heterocycles. The summed E-state index contributed by atoms with van der Waals surface area (Å²) in [5.41, 5.74) is 5.27. The van der Waals surface area contributed by atoms with E-state index in [1.807, 2.05) is 0 Å². The van der Waals surface area contributed by atoms with Crippen LogP contribution in [0.3, 0.4) is 0 Å². The Bertz CT molecular complexity index is 498. The predicted octanol–water partition coefficient (Wildman–Crippen LogP) is 3.21. The van der Waals surface area contributed by atoms with Crippen LogP contribution in [-0.2, 0) is 6.18 Å². The Morgan fingerprint density at radius 2 is 1.57 bits per heavy atom. The Hall–Kier alpha value is -1.43. The van der Waals surface area contributed by atoms with Gasteiger partial charge in [0, 0.05) is 43.1 Å². The number of nitrogens with two attached hydrogens (primary N) is 1. The lowest BCUT2D eigenvalue weighted by Crippen LogP contribution is -2.53. The summed E-state index contributed by atoms with van der Waals surface area (Å²) in [5, 5.41) is 0. The van der Waals surface area contributed by atoms with Gasteiger partial charge >= 0.3 is 6.18 Å². The van der Waals surface area contributed by atoms with Crippen molar-refractivity contribution < 1.29 is 13.2 Å². The molecule has 6 heteroatoms. The number of rotatable bonds is 1. The van der Waals surface area contributed by atoms with Crippen LogP contribution >= 0.6 is 0 Å². The van der Waals surface area contributed by atoms with E-state index in [4.69, 9.17) is 5.73 Å². The maximum atomic E-state index is 13.2. The first-order valence-corrected chi connectivity index (χ1v) is 7.06. The van der Waals surface area contributed by atoms with Crippen molar-refractivity contribution in [2.24, 2.45) is 0 Å². The fourth-order valence-electron chi connectivity index (χ4n) is 2.67. The van der Waals surface area contributed by atoms with Crippen LogP contribution in [-0.4, -0.2) is 36.6 Å². The molecule has 1 aliphatic rings. The van der Waals surface area contributed by atoms with E-state index in [0.29, 0.717) is 13.1 Å². The van der Waals surface area contributed by atoms with Crippen molar-refractivity contribution in [3.63, 3.8) is 0 Å². The molecule has 0 unspecified atom stereocenters. The van der Waals surface area contributed by atoms with Gasteiger partial charge in [-0.3, -0.25) is 4.90 Å². The summed E-state index contributed by atoms with van der Waals surface area (Å²) in [7, 11) is 0. The molecular formula is C15H22F3N3. The fraction of sp³-hybridized carbons (Fsp3) is 0.600. The minimum absolute atomic E-state index is 0.0417. The molecule has 118 valence electrons. The monoisotopic (exact) mass is 301 g/mol. The van der Waals surface area contributed by atoms with Crippen molar-refractivity contribution in [3.05, 3.63) is 23.8 Å². The predicted molar refractivity (Wildman–Crippen MR) is 79.4 cm³/mol. The first-order valence-electron chi connectivity index (χ1n) is 7.06. The van der Waals surface area contributed by atoms with Gasteiger partial charge in [-0.25, -0.2) is 0 Å². The second kappa shape index (κ2) is 5.40. The van der Waals surface area contributed by atoms with Gasteiger partial charge in [0.1, 0.15) is 0 Å². The molecule has 0 spiro atoms. The number of alkyl halides is 3. The van der Waals surface area contributed by atoms with E-state index in [1.54, 1.807) is 4.90 Å². The largest absolute Gasteiger partial charge is 0.418 e. The van der Waals surface area contributed by atoms with E-state index in [1.165, 1.54) is 12.1 Å². The number of nitrogen functional groups attached to an aromatic ring is 1. The van der Waals surface area contributed by atoms with Crippen molar-refractivity contribution in [2.45, 2.75) is 32.5 Å². The molecule has 0 aromatic heterocycles. The minimum Gasteiger partial charge on any atom is -0.399 e. The second-order valence-corrected chi connectivity index (χ2v) is 6.42. The molecule has 2 N–H and O–H groups in total. The third-order valence-electron chi connectivity index (χ3n) is 3.90. The number of nitrogens with zero attached hydrogens (tertiary/aromatic N) is 2. The van der Waals surface area contributed by atoms with Crippen LogP contribution in [0.1, 0.15) is 26.3 Å². The van der Waals surface area contributed by atoms with Crippen LogP contribution in [0.25, 0.3) is 0 Å². The van der Waals surface area contributed by atoms with Crippen LogP contribution in [0.2, 0.25) is 0 Å². The summed E-state index contributed by atoms with van der Waals surface area (Å²) in [6.45, 7) is 9.04. The smallest absolute Gasteiger partial charge is 0.399 e. The number of hydrogen-bond acceptors (Lipinski definition) is 3. The fourth-order valence-corrected chi connectivity index (χ4v) is 2.67. The van der Waals surface area contributed by atoms with E-state index in [-0.39, 0.29) is 16.9 Å². The van der Waals surface area contributed by atoms with Gasteiger partial charge in [-0.05, 0) is 39.0 Å². The molecule has 1 heterocycles. The van der Waals surface area contributed by atoms with Crippen LogP contribution in [0.15, 0.2) is 18.2 Å². The second-order valence-electron chi connectivity index (χ2n) is 6.42. The molecule has 1 aromatic rings. The van der Waals surface area contributed by atoms with Crippen LogP contribution in [0.5, 0.6) is 0 Å². The first-order chi connectivity index (χ1) is 9.59. The topological polar surface area (TPSA) is 32.5 Å². The summed E-state index contributed by atoms with van der Waals surface area (Å²) in [6.07, 6.45) is -4.38. The summed E-state index contributed by atoms with van der Waals surface area (Å²) >= 11 is 0. The standard InChI is InChI=1S/C15H22F3N3/c1-14(2,3)21-8-6-20(7-9-21)13-5-4-11(19)10-12(13)15(16,17)18/h4-5,10H,6-9,19H2,1-3H3. The van der Waals surface area contributed by atoms with Crippen LogP contribution < -0.4 is 10.6 Å². The van der Waals surface area contributed by atoms with Crippen molar-refractivity contribution in [1.29, 1.82) is 0 Å². The van der Waals surface area contributed by atoms with E-state index in [9.17, 15) is 13.2 Å². The Kier molecular flexibility index (Phi) is 4.10. The summed E-state index contributed by atoms with van der Waals surface area (Å²) < 4.78 is 39.5. The Morgan fingerprint density at radius 3 is 2.05 bits per heavy atom. The number of hydrogen-bond donors (Lipinski definition) is 1. The van der Waals surface area contributed by atoms with E-state index in [0.717, 1.165) is 19.2 Å². The van der Waals surface area contributed by atoms with Gasteiger partial charge < -0.3 is 10.6 Å². The van der Waals surface area contributed by atoms with Crippen LogP contribution in [0.4, 0.5) is 24.5 Å². The summed E-state index contributed by atoms with van der Waals surface area (Å²) in [6, 6.07) is 4.02. The molecule has 2 rings (SSSR count). The summed E-state index contributed by atoms with van der Waals surface area (Å²) in [4.78, 5) is 4.08. The quantitative estimate of drug-likeness (QED) is 0.809. The lowest BCUT2D eigenvalue weighted by Gasteiger charge is -2.43. The molecular weight excluding hydrogens is 279 g/mol. The van der Waals surface area contributed by atoms with Gasteiger partial charge in [0.2, 0.25) is 0 Å². The normalized spacial score (nSPS) is 18.1. The molecule has 1 aromatic carbocycles. The van der Waals surface area contributed by atoms with Crippen molar-refractivity contribution in [1.82, 2.24) is 4.90 Å². The molecule has 3 nitrogen and oxygen atoms in total. The molecule has 0 radical (unpaired) electrons. The number of halogens is 3. The maximum Gasteiger partial charge on any atom is 0.418 e. The average Bonchev–Trinajstić information content (AvgIpc) is 2.37. The minimum atomic E-state index is -4.38. The molecule has 1 aliphatic heterocycles. The van der Waals surface area contributed by atoms with E-state index < -0.39 is 11.7 Å². The average molecular weight is 301 g/mol. The van der Waals surface area contributed by atoms with E-state index in [2.05, 4.69) is 25.7 Å². The molecule has 0 aliphatic carbocycles. The van der Waals surface area contributed by atoms with Gasteiger partial charge in [0.05, 0.1) is 5.56 Å². The lowest BCUT2D eigenvalue weighted by molar-refractivity contribution is -0.137.